The highest BCUT2D eigenvalue weighted by Gasteiger charge is 2.29. The van der Waals surface area contributed by atoms with Gasteiger partial charge in [-0.3, -0.25) is 0 Å². The lowest BCUT2D eigenvalue weighted by molar-refractivity contribution is 0.355. The third-order valence-corrected chi connectivity index (χ3v) is 4.39. The van der Waals surface area contributed by atoms with Crippen molar-refractivity contribution in [1.82, 2.24) is 5.32 Å². The van der Waals surface area contributed by atoms with Crippen LogP contribution in [0.4, 0.5) is 0 Å². The van der Waals surface area contributed by atoms with Crippen molar-refractivity contribution in [3.63, 3.8) is 0 Å². The minimum Gasteiger partial charge on any atom is -0.467 e. The van der Waals surface area contributed by atoms with Crippen molar-refractivity contribution in [1.29, 1.82) is 0 Å². The van der Waals surface area contributed by atoms with Gasteiger partial charge >= 0.3 is 0 Å². The van der Waals surface area contributed by atoms with Gasteiger partial charge in [0.25, 0.3) is 0 Å². The first kappa shape index (κ1) is 11.2. The van der Waals surface area contributed by atoms with Crippen molar-refractivity contribution in [2.24, 2.45) is 11.8 Å². The summed E-state index contributed by atoms with van der Waals surface area (Å²) in [5.74, 6) is 2.63. The van der Waals surface area contributed by atoms with Crippen LogP contribution >= 0.6 is 15.9 Å². The predicted octanol–water partition coefficient (Wildman–Crippen LogP) is 3.57. The molecule has 0 saturated heterocycles. The van der Waals surface area contributed by atoms with Gasteiger partial charge in [-0.05, 0) is 46.7 Å². The molecule has 1 aliphatic carbocycles. The summed E-state index contributed by atoms with van der Waals surface area (Å²) in [4.78, 5) is 0. The summed E-state index contributed by atoms with van der Waals surface area (Å²) in [6.07, 6.45) is 4.36. The number of halogens is 1. The van der Waals surface area contributed by atoms with Crippen molar-refractivity contribution in [3.05, 3.63) is 22.6 Å². The van der Waals surface area contributed by atoms with Crippen LogP contribution in [-0.2, 0) is 6.54 Å². The van der Waals surface area contributed by atoms with E-state index in [2.05, 4.69) is 35.1 Å². The third kappa shape index (κ3) is 2.45. The van der Waals surface area contributed by atoms with Gasteiger partial charge < -0.3 is 9.73 Å². The molecule has 2 rings (SSSR count). The van der Waals surface area contributed by atoms with Crippen LogP contribution in [0, 0.1) is 11.8 Å². The smallest absolute Gasteiger partial charge is 0.131 e. The highest BCUT2D eigenvalue weighted by molar-refractivity contribution is 9.10. The average molecular weight is 272 g/mol. The fourth-order valence-electron chi connectivity index (χ4n) is 2.33. The summed E-state index contributed by atoms with van der Waals surface area (Å²) in [6, 6.07) is 2.59. The maximum atomic E-state index is 5.38. The lowest BCUT2D eigenvalue weighted by atomic mass is 9.98. The van der Waals surface area contributed by atoms with Crippen LogP contribution in [0.3, 0.4) is 0 Å². The van der Waals surface area contributed by atoms with Crippen molar-refractivity contribution in [2.75, 3.05) is 0 Å². The largest absolute Gasteiger partial charge is 0.467 e. The molecule has 0 bridgehead atoms. The summed E-state index contributed by atoms with van der Waals surface area (Å²) in [5, 5.41) is 3.58. The zero-order chi connectivity index (χ0) is 10.8. The molecular formula is C12H18BrNO. The number of hydrogen-bond donors (Lipinski definition) is 1. The van der Waals surface area contributed by atoms with Crippen LogP contribution in [0.2, 0.25) is 0 Å². The second-order valence-electron chi connectivity index (χ2n) is 4.59. The molecule has 3 atom stereocenters. The van der Waals surface area contributed by atoms with Crippen LogP contribution in [-0.4, -0.2) is 6.04 Å². The minimum absolute atomic E-state index is 0.650. The molecule has 0 spiro atoms. The van der Waals surface area contributed by atoms with E-state index in [9.17, 15) is 0 Å². The lowest BCUT2D eigenvalue weighted by Gasteiger charge is -2.19. The number of rotatable bonds is 3. The lowest BCUT2D eigenvalue weighted by Crippen LogP contribution is -2.31. The summed E-state index contributed by atoms with van der Waals surface area (Å²) < 4.78 is 6.44. The van der Waals surface area contributed by atoms with Crippen LogP contribution in [0.5, 0.6) is 0 Å². The molecule has 3 unspecified atom stereocenters. The van der Waals surface area contributed by atoms with E-state index in [-0.39, 0.29) is 0 Å². The molecule has 1 N–H and O–H groups in total. The van der Waals surface area contributed by atoms with Crippen molar-refractivity contribution >= 4 is 15.9 Å². The standard InChI is InChI=1S/C12H18BrNO/c1-8-3-4-11(9(8)2)14-7-12-10(13)5-6-15-12/h5-6,8-9,11,14H,3-4,7H2,1-2H3. The number of furan rings is 1. The van der Waals surface area contributed by atoms with Crippen LogP contribution in [0.1, 0.15) is 32.4 Å². The van der Waals surface area contributed by atoms with Crippen molar-refractivity contribution < 1.29 is 4.42 Å². The zero-order valence-corrected chi connectivity index (χ0v) is 10.9. The Morgan fingerprint density at radius 3 is 2.80 bits per heavy atom. The average Bonchev–Trinajstić information content (AvgIpc) is 2.74. The summed E-state index contributed by atoms with van der Waals surface area (Å²) in [7, 11) is 0. The van der Waals surface area contributed by atoms with Gasteiger partial charge in [-0.2, -0.15) is 0 Å². The van der Waals surface area contributed by atoms with Gasteiger partial charge in [0.05, 0.1) is 17.3 Å². The summed E-state index contributed by atoms with van der Waals surface area (Å²) in [6.45, 7) is 5.51. The first-order chi connectivity index (χ1) is 7.18. The van der Waals surface area contributed by atoms with E-state index in [1.165, 1.54) is 12.8 Å². The Kier molecular flexibility index (Phi) is 3.52. The summed E-state index contributed by atoms with van der Waals surface area (Å²) in [5.41, 5.74) is 0. The Bertz CT molecular complexity index is 323. The molecule has 1 aliphatic rings. The van der Waals surface area contributed by atoms with Gasteiger partial charge in [0.2, 0.25) is 0 Å². The fourth-order valence-corrected chi connectivity index (χ4v) is 2.67. The Hall–Kier alpha value is -0.280. The SMILES string of the molecule is CC1CCC(NCc2occc2Br)C1C. The first-order valence-corrected chi connectivity index (χ1v) is 6.43. The molecule has 0 radical (unpaired) electrons. The van der Waals surface area contributed by atoms with Gasteiger partial charge in [0, 0.05) is 6.04 Å². The van der Waals surface area contributed by atoms with Crippen molar-refractivity contribution in [3.8, 4) is 0 Å². The highest BCUT2D eigenvalue weighted by Crippen LogP contribution is 2.31. The molecule has 1 heterocycles. The molecule has 2 nitrogen and oxygen atoms in total. The second-order valence-corrected chi connectivity index (χ2v) is 5.45. The Morgan fingerprint density at radius 1 is 1.47 bits per heavy atom. The van der Waals surface area contributed by atoms with Crippen LogP contribution in [0.25, 0.3) is 0 Å². The van der Waals surface area contributed by atoms with Gasteiger partial charge in [0.15, 0.2) is 0 Å². The van der Waals surface area contributed by atoms with Gasteiger partial charge in [-0.1, -0.05) is 13.8 Å². The quantitative estimate of drug-likeness (QED) is 0.910. The monoisotopic (exact) mass is 271 g/mol. The molecule has 1 saturated carbocycles. The Balaban J connectivity index is 1.86. The Labute approximate surface area is 99.6 Å². The topological polar surface area (TPSA) is 25.2 Å². The van der Waals surface area contributed by atoms with E-state index >= 15 is 0 Å². The molecule has 1 aromatic rings. The molecule has 84 valence electrons. The van der Waals surface area contributed by atoms with E-state index < -0.39 is 0 Å². The first-order valence-electron chi connectivity index (χ1n) is 5.63. The molecule has 0 aromatic carbocycles. The number of hydrogen-bond acceptors (Lipinski definition) is 2. The molecular weight excluding hydrogens is 254 g/mol. The zero-order valence-electron chi connectivity index (χ0n) is 9.29. The number of nitrogens with one attached hydrogen (secondary N) is 1. The normalized spacial score (nSPS) is 31.0. The third-order valence-electron chi connectivity index (χ3n) is 3.68. The fraction of sp³-hybridized carbons (Fsp3) is 0.667. The van der Waals surface area contributed by atoms with Gasteiger partial charge in [-0.15, -0.1) is 0 Å². The highest BCUT2D eigenvalue weighted by atomic mass is 79.9. The van der Waals surface area contributed by atoms with E-state index in [4.69, 9.17) is 4.42 Å². The molecule has 3 heteroatoms. The Morgan fingerprint density at radius 2 is 2.27 bits per heavy atom. The summed E-state index contributed by atoms with van der Waals surface area (Å²) >= 11 is 3.47. The van der Waals surface area contributed by atoms with E-state index in [0.717, 1.165) is 28.6 Å². The molecule has 1 aromatic heterocycles. The second kappa shape index (κ2) is 4.71. The minimum atomic E-state index is 0.650. The van der Waals surface area contributed by atoms with Crippen molar-refractivity contribution in [2.45, 2.75) is 39.3 Å². The van der Waals surface area contributed by atoms with Crippen LogP contribution in [0.15, 0.2) is 21.2 Å². The maximum absolute atomic E-state index is 5.38. The van der Waals surface area contributed by atoms with E-state index in [1.54, 1.807) is 6.26 Å². The molecule has 0 aliphatic heterocycles. The molecule has 0 amide bonds. The van der Waals surface area contributed by atoms with Gasteiger partial charge in [0.1, 0.15) is 5.76 Å². The van der Waals surface area contributed by atoms with Gasteiger partial charge in [-0.25, -0.2) is 0 Å². The predicted molar refractivity (Wildman–Crippen MR) is 64.6 cm³/mol. The molecule has 15 heavy (non-hydrogen) atoms. The van der Waals surface area contributed by atoms with Crippen LogP contribution < -0.4 is 5.32 Å². The maximum Gasteiger partial charge on any atom is 0.131 e. The van der Waals surface area contributed by atoms with E-state index in [1.807, 2.05) is 6.07 Å². The van der Waals surface area contributed by atoms with E-state index in [0.29, 0.717) is 6.04 Å². The molecule has 1 fully saturated rings.